The van der Waals surface area contributed by atoms with Crippen LogP contribution in [0.2, 0.25) is 0 Å². The van der Waals surface area contributed by atoms with Crippen LogP contribution in [0.3, 0.4) is 0 Å². The van der Waals surface area contributed by atoms with Crippen molar-refractivity contribution in [1.82, 2.24) is 0 Å². The van der Waals surface area contributed by atoms with E-state index in [-0.39, 0.29) is 0 Å². The zero-order valence-electron chi connectivity index (χ0n) is 7.96. The highest BCUT2D eigenvalue weighted by molar-refractivity contribution is 7.44. The highest BCUT2D eigenvalue weighted by Gasteiger charge is 2.01. The molecule has 0 aliphatic heterocycles. The van der Waals surface area contributed by atoms with Gasteiger partial charge in [0.15, 0.2) is 0 Å². The van der Waals surface area contributed by atoms with E-state index in [1.807, 2.05) is 42.5 Å². The molecule has 0 saturated heterocycles. The first kappa shape index (κ1) is 9.80. The molecule has 74 valence electrons. The maximum absolute atomic E-state index is 10.8. The molecule has 2 aromatic rings. The van der Waals surface area contributed by atoms with Gasteiger partial charge in [-0.1, -0.05) is 34.4 Å². The SMILES string of the molecule is [O-][N+](=S)c1ccc(-c2ccccc2)cc1. The predicted molar refractivity (Wildman–Crippen MR) is 62.5 cm³/mol. The van der Waals surface area contributed by atoms with Crippen LogP contribution >= 0.6 is 0 Å². The summed E-state index contributed by atoms with van der Waals surface area (Å²) in [4.78, 5) is 0. The van der Waals surface area contributed by atoms with Crippen LogP contribution in [0.25, 0.3) is 11.1 Å². The van der Waals surface area contributed by atoms with Crippen LogP contribution in [-0.2, 0) is 12.4 Å². The molecule has 0 atom stereocenters. The van der Waals surface area contributed by atoms with Gasteiger partial charge in [-0.2, -0.15) is 0 Å². The molecule has 0 unspecified atom stereocenters. The molecule has 0 radical (unpaired) electrons. The number of rotatable bonds is 2. The Morgan fingerprint density at radius 2 is 1.33 bits per heavy atom. The molecule has 2 aromatic carbocycles. The average Bonchev–Trinajstić information content (AvgIpc) is 2.30. The van der Waals surface area contributed by atoms with E-state index < -0.39 is 0 Å². The molecule has 0 aromatic heterocycles. The van der Waals surface area contributed by atoms with E-state index >= 15 is 0 Å². The van der Waals surface area contributed by atoms with Crippen LogP contribution in [-0.4, -0.2) is 4.11 Å². The minimum absolute atomic E-state index is 0.439. The highest BCUT2D eigenvalue weighted by atomic mass is 32.1. The first-order valence-corrected chi connectivity index (χ1v) is 4.94. The van der Waals surface area contributed by atoms with Crippen LogP contribution < -0.4 is 0 Å². The zero-order chi connectivity index (χ0) is 10.7. The molecule has 0 bridgehead atoms. The normalized spacial score (nSPS) is 9.87. The molecule has 2 rings (SSSR count). The predicted octanol–water partition coefficient (Wildman–Crippen LogP) is 3.23. The third kappa shape index (κ3) is 2.19. The minimum atomic E-state index is 0.439. The van der Waals surface area contributed by atoms with Gasteiger partial charge in [-0.3, -0.25) is 0 Å². The summed E-state index contributed by atoms with van der Waals surface area (Å²) in [5.74, 6) is 0. The Bertz CT molecular complexity index is 465. The van der Waals surface area contributed by atoms with Gasteiger partial charge in [0, 0.05) is 12.1 Å². The number of hydrogen-bond acceptors (Lipinski definition) is 2. The summed E-state index contributed by atoms with van der Waals surface area (Å²) >= 11 is 4.48. The third-order valence-electron chi connectivity index (χ3n) is 2.19. The standard InChI is InChI=1S/C12H9NOS/c14-13(15)12-8-6-11(7-9-12)10-4-2-1-3-5-10/h1-9H. The second-order valence-electron chi connectivity index (χ2n) is 3.17. The molecule has 3 heteroatoms. The number of nitrogens with zero attached hydrogens (tertiary/aromatic N) is 1. The summed E-state index contributed by atoms with van der Waals surface area (Å²) in [7, 11) is 0. The van der Waals surface area contributed by atoms with Gasteiger partial charge in [0.25, 0.3) is 12.4 Å². The van der Waals surface area contributed by atoms with Gasteiger partial charge in [0.1, 0.15) is 0 Å². The maximum Gasteiger partial charge on any atom is 0.284 e. The van der Waals surface area contributed by atoms with E-state index in [0.717, 1.165) is 11.1 Å². The van der Waals surface area contributed by atoms with Crippen LogP contribution in [0.4, 0.5) is 5.69 Å². The molecule has 0 spiro atoms. The van der Waals surface area contributed by atoms with Crippen LogP contribution in [0, 0.1) is 5.21 Å². The van der Waals surface area contributed by atoms with E-state index in [4.69, 9.17) is 0 Å². The lowest BCUT2D eigenvalue weighted by Crippen LogP contribution is -1.87. The van der Waals surface area contributed by atoms with Crippen molar-refractivity contribution in [3.05, 3.63) is 59.8 Å². The van der Waals surface area contributed by atoms with Gasteiger partial charge < -0.3 is 5.21 Å². The lowest BCUT2D eigenvalue weighted by molar-refractivity contribution is -0.325. The van der Waals surface area contributed by atoms with E-state index in [1.54, 1.807) is 12.1 Å². The molecular formula is C12H9NOS. The summed E-state index contributed by atoms with van der Waals surface area (Å²) in [6.07, 6.45) is 0. The van der Waals surface area contributed by atoms with Crippen molar-refractivity contribution in [2.75, 3.05) is 0 Å². The molecule has 0 fully saturated rings. The molecule has 0 heterocycles. The van der Waals surface area contributed by atoms with Crippen LogP contribution in [0.5, 0.6) is 0 Å². The van der Waals surface area contributed by atoms with Crippen molar-refractivity contribution < 1.29 is 4.11 Å². The summed E-state index contributed by atoms with van der Waals surface area (Å²) < 4.78 is 0.439. The highest BCUT2D eigenvalue weighted by Crippen LogP contribution is 2.21. The number of benzene rings is 2. The Morgan fingerprint density at radius 3 is 1.87 bits per heavy atom. The smallest absolute Gasteiger partial charge is 0.284 e. The Morgan fingerprint density at radius 1 is 0.800 bits per heavy atom. The summed E-state index contributed by atoms with van der Waals surface area (Å²) in [6.45, 7) is 0. The Kier molecular flexibility index (Phi) is 2.74. The molecule has 0 aliphatic carbocycles. The first-order chi connectivity index (χ1) is 7.27. The van der Waals surface area contributed by atoms with Crippen molar-refractivity contribution in [1.29, 1.82) is 0 Å². The molecule has 2 nitrogen and oxygen atoms in total. The van der Waals surface area contributed by atoms with E-state index in [2.05, 4.69) is 12.4 Å². The van der Waals surface area contributed by atoms with Crippen molar-refractivity contribution in [2.45, 2.75) is 0 Å². The maximum atomic E-state index is 10.8. The molecule has 0 amide bonds. The van der Waals surface area contributed by atoms with Gasteiger partial charge in [0.2, 0.25) is 5.69 Å². The van der Waals surface area contributed by atoms with Crippen molar-refractivity contribution in [3.63, 3.8) is 0 Å². The van der Waals surface area contributed by atoms with Gasteiger partial charge in [-0.15, -0.1) is 0 Å². The lowest BCUT2D eigenvalue weighted by atomic mass is 10.1. The monoisotopic (exact) mass is 215 g/mol. The van der Waals surface area contributed by atoms with E-state index in [9.17, 15) is 5.21 Å². The fourth-order valence-electron chi connectivity index (χ4n) is 1.41. The van der Waals surface area contributed by atoms with Gasteiger partial charge in [-0.25, -0.2) is 0 Å². The summed E-state index contributed by atoms with van der Waals surface area (Å²) in [6, 6.07) is 17.2. The second-order valence-corrected chi connectivity index (χ2v) is 3.50. The fraction of sp³-hybridized carbons (Fsp3) is 0. The molecule has 15 heavy (non-hydrogen) atoms. The summed E-state index contributed by atoms with van der Waals surface area (Å²) in [5, 5.41) is 10.8. The summed E-state index contributed by atoms with van der Waals surface area (Å²) in [5.41, 5.74) is 2.70. The van der Waals surface area contributed by atoms with Crippen molar-refractivity contribution in [3.8, 4) is 11.1 Å². The topological polar surface area (TPSA) is 26.1 Å². The zero-order valence-corrected chi connectivity index (χ0v) is 8.78. The van der Waals surface area contributed by atoms with Gasteiger partial charge in [-0.05, 0) is 23.3 Å². The Labute approximate surface area is 93.5 Å². The van der Waals surface area contributed by atoms with Crippen LogP contribution in [0.1, 0.15) is 0 Å². The van der Waals surface area contributed by atoms with E-state index in [1.165, 1.54) is 0 Å². The van der Waals surface area contributed by atoms with E-state index in [0.29, 0.717) is 9.80 Å². The fourth-order valence-corrected chi connectivity index (χ4v) is 1.53. The van der Waals surface area contributed by atoms with Crippen molar-refractivity contribution >= 4 is 18.1 Å². The first-order valence-electron chi connectivity index (χ1n) is 4.57. The molecule has 0 N–H and O–H groups in total. The van der Waals surface area contributed by atoms with Crippen LogP contribution in [0.15, 0.2) is 54.6 Å². The molecular weight excluding hydrogens is 206 g/mol. The minimum Gasteiger partial charge on any atom is -0.605 e. The quantitative estimate of drug-likeness (QED) is 0.568. The molecule has 0 aliphatic rings. The average molecular weight is 215 g/mol. The second kappa shape index (κ2) is 4.19. The molecule has 0 saturated carbocycles. The number of hydrogen-bond donors (Lipinski definition) is 0. The Balaban J connectivity index is 2.36. The lowest BCUT2D eigenvalue weighted by Gasteiger charge is -2.01. The van der Waals surface area contributed by atoms with Crippen molar-refractivity contribution in [2.24, 2.45) is 0 Å². The third-order valence-corrected chi connectivity index (χ3v) is 2.40. The van der Waals surface area contributed by atoms with Gasteiger partial charge >= 0.3 is 0 Å². The van der Waals surface area contributed by atoms with Gasteiger partial charge in [0.05, 0.1) is 0 Å². The Hall–Kier alpha value is -1.74. The largest absolute Gasteiger partial charge is 0.605 e.